The van der Waals surface area contributed by atoms with Gasteiger partial charge in [0.15, 0.2) is 0 Å². The van der Waals surface area contributed by atoms with Crippen LogP contribution in [0.25, 0.3) is 0 Å². The summed E-state index contributed by atoms with van der Waals surface area (Å²) in [5, 5.41) is 6.52. The summed E-state index contributed by atoms with van der Waals surface area (Å²) in [7, 11) is 0. The van der Waals surface area contributed by atoms with E-state index < -0.39 is 11.7 Å². The van der Waals surface area contributed by atoms with Crippen molar-refractivity contribution in [3.63, 3.8) is 0 Å². The highest BCUT2D eigenvalue weighted by molar-refractivity contribution is 6.32. The normalized spacial score (nSPS) is 34.1. The smallest absolute Gasteiger partial charge is 0.380 e. The average Bonchev–Trinajstić information content (AvgIpc) is 2.46. The molecule has 1 atom stereocenters. The van der Waals surface area contributed by atoms with E-state index in [1.807, 2.05) is 0 Å². The lowest BCUT2D eigenvalue weighted by Gasteiger charge is -2.65. The van der Waals surface area contributed by atoms with Gasteiger partial charge in [-0.3, -0.25) is 0 Å². The van der Waals surface area contributed by atoms with E-state index in [0.717, 1.165) is 24.2 Å². The predicted molar refractivity (Wildman–Crippen MR) is 75.3 cm³/mol. The monoisotopic (exact) mass is 316 g/mol. The number of hydrogen-bond donors (Lipinski definition) is 2. The predicted octanol–water partition coefficient (Wildman–Crippen LogP) is 4.04. The zero-order valence-corrected chi connectivity index (χ0v) is 12.1. The summed E-state index contributed by atoms with van der Waals surface area (Å²) in [5.74, 6) is 0.880. The second-order valence-corrected chi connectivity index (χ2v) is 7.00. The standard InChI is InChI=1S/C15H16ClF3N2/c16-13-9-6-20-7-12(14-3-8(4-14)5-14)21-11(9)2-1-10(13)15(17,18)19/h1-2,8,12,20-21H,3-7H2/t8?,12-,14?/m0/s1. The van der Waals surface area contributed by atoms with Crippen LogP contribution in [0.1, 0.15) is 30.4 Å². The number of benzene rings is 1. The quantitative estimate of drug-likeness (QED) is 0.817. The van der Waals surface area contributed by atoms with Gasteiger partial charge in [-0.1, -0.05) is 11.6 Å². The summed E-state index contributed by atoms with van der Waals surface area (Å²) < 4.78 is 38.8. The first kappa shape index (κ1) is 13.7. The Labute approximate surface area is 126 Å². The van der Waals surface area contributed by atoms with Crippen molar-refractivity contribution in [2.45, 2.75) is 38.0 Å². The summed E-state index contributed by atoms with van der Waals surface area (Å²) in [6.45, 7) is 1.15. The Morgan fingerprint density at radius 1 is 1.19 bits per heavy atom. The van der Waals surface area contributed by atoms with E-state index >= 15 is 0 Å². The molecule has 0 amide bonds. The fraction of sp³-hybridized carbons (Fsp3) is 0.600. The lowest BCUT2D eigenvalue weighted by Crippen LogP contribution is -2.62. The number of rotatable bonds is 1. The van der Waals surface area contributed by atoms with Gasteiger partial charge in [0.05, 0.1) is 10.6 Å². The van der Waals surface area contributed by atoms with E-state index in [1.54, 1.807) is 0 Å². The summed E-state index contributed by atoms with van der Waals surface area (Å²) in [6.07, 6.45) is -0.673. The minimum Gasteiger partial charge on any atom is -0.380 e. The van der Waals surface area contributed by atoms with E-state index in [4.69, 9.17) is 11.6 Å². The molecule has 1 aromatic carbocycles. The fourth-order valence-corrected chi connectivity index (χ4v) is 4.41. The molecule has 2 N–H and O–H groups in total. The van der Waals surface area contributed by atoms with Crippen LogP contribution in [-0.4, -0.2) is 12.6 Å². The van der Waals surface area contributed by atoms with Crippen LogP contribution in [0.2, 0.25) is 5.02 Å². The maximum Gasteiger partial charge on any atom is 0.417 e. The van der Waals surface area contributed by atoms with E-state index in [2.05, 4.69) is 10.6 Å². The third-order valence-corrected chi connectivity index (χ3v) is 5.79. The Hall–Kier alpha value is -0.940. The first-order valence-corrected chi connectivity index (χ1v) is 7.63. The van der Waals surface area contributed by atoms with Gasteiger partial charge in [0.1, 0.15) is 0 Å². The number of anilines is 1. The molecule has 114 valence electrons. The number of halogens is 4. The molecule has 1 aliphatic heterocycles. The molecule has 0 radical (unpaired) electrons. The molecule has 2 nitrogen and oxygen atoms in total. The van der Waals surface area contributed by atoms with Crippen molar-refractivity contribution in [2.75, 3.05) is 11.9 Å². The van der Waals surface area contributed by atoms with Gasteiger partial charge in [0, 0.05) is 30.4 Å². The molecule has 4 aliphatic rings. The highest BCUT2D eigenvalue weighted by Gasteiger charge is 2.60. The molecule has 3 fully saturated rings. The Balaban J connectivity index is 1.67. The number of nitrogens with one attached hydrogen (secondary N) is 2. The topological polar surface area (TPSA) is 24.1 Å². The second-order valence-electron chi connectivity index (χ2n) is 6.62. The Morgan fingerprint density at radius 3 is 2.48 bits per heavy atom. The lowest BCUT2D eigenvalue weighted by atomic mass is 9.42. The van der Waals surface area contributed by atoms with E-state index in [-0.39, 0.29) is 11.1 Å². The van der Waals surface area contributed by atoms with Gasteiger partial charge in [0.25, 0.3) is 0 Å². The zero-order valence-electron chi connectivity index (χ0n) is 11.4. The van der Waals surface area contributed by atoms with Gasteiger partial charge in [-0.05, 0) is 42.7 Å². The zero-order chi connectivity index (χ0) is 14.8. The Bertz CT molecular complexity index is 582. The molecule has 5 rings (SSSR count). The van der Waals surface area contributed by atoms with Crippen LogP contribution in [0.5, 0.6) is 0 Å². The highest BCUT2D eigenvalue weighted by Crippen LogP contribution is 2.66. The van der Waals surface area contributed by atoms with Gasteiger partial charge in [0.2, 0.25) is 0 Å². The van der Waals surface area contributed by atoms with E-state index in [1.165, 1.54) is 25.3 Å². The number of alkyl halides is 3. The summed E-state index contributed by atoms with van der Waals surface area (Å²) in [5.41, 5.74) is 0.873. The van der Waals surface area contributed by atoms with Crippen LogP contribution in [0.3, 0.4) is 0 Å². The molecule has 6 heteroatoms. The minimum absolute atomic E-state index is 0.182. The van der Waals surface area contributed by atoms with Gasteiger partial charge in [-0.15, -0.1) is 0 Å². The van der Waals surface area contributed by atoms with Crippen LogP contribution in [0, 0.1) is 11.3 Å². The van der Waals surface area contributed by atoms with Crippen LogP contribution in [0.4, 0.5) is 18.9 Å². The first-order chi connectivity index (χ1) is 9.89. The Morgan fingerprint density at radius 2 is 1.90 bits per heavy atom. The number of hydrogen-bond acceptors (Lipinski definition) is 2. The van der Waals surface area contributed by atoms with Gasteiger partial charge >= 0.3 is 6.18 Å². The van der Waals surface area contributed by atoms with Crippen molar-refractivity contribution in [3.8, 4) is 0 Å². The lowest BCUT2D eigenvalue weighted by molar-refractivity contribution is -0.137. The molecule has 1 aromatic rings. The minimum atomic E-state index is -4.41. The molecular weight excluding hydrogens is 301 g/mol. The molecule has 3 saturated carbocycles. The van der Waals surface area contributed by atoms with Crippen molar-refractivity contribution in [1.82, 2.24) is 5.32 Å². The highest BCUT2D eigenvalue weighted by atomic mass is 35.5. The van der Waals surface area contributed by atoms with Crippen molar-refractivity contribution < 1.29 is 13.2 Å². The van der Waals surface area contributed by atoms with Crippen molar-refractivity contribution in [1.29, 1.82) is 0 Å². The first-order valence-electron chi connectivity index (χ1n) is 7.25. The molecule has 0 saturated heterocycles. The van der Waals surface area contributed by atoms with Crippen LogP contribution >= 0.6 is 11.6 Å². The van der Waals surface area contributed by atoms with Gasteiger partial charge < -0.3 is 10.6 Å². The second kappa shape index (κ2) is 4.29. The molecule has 0 unspecified atom stereocenters. The largest absolute Gasteiger partial charge is 0.417 e. The van der Waals surface area contributed by atoms with Crippen LogP contribution < -0.4 is 10.6 Å². The Kier molecular flexibility index (Phi) is 2.80. The molecule has 0 spiro atoms. The van der Waals surface area contributed by atoms with E-state index in [0.29, 0.717) is 17.5 Å². The number of fused-ring (bicyclic) bond motifs is 1. The van der Waals surface area contributed by atoms with Crippen molar-refractivity contribution in [3.05, 3.63) is 28.3 Å². The summed E-state index contributed by atoms with van der Waals surface area (Å²) in [4.78, 5) is 0. The molecule has 1 heterocycles. The molecule has 2 bridgehead atoms. The van der Waals surface area contributed by atoms with Crippen molar-refractivity contribution >= 4 is 17.3 Å². The summed E-state index contributed by atoms with van der Waals surface area (Å²) >= 11 is 6.00. The van der Waals surface area contributed by atoms with Crippen molar-refractivity contribution in [2.24, 2.45) is 11.3 Å². The maximum absolute atomic E-state index is 12.9. The fourth-order valence-electron chi connectivity index (χ4n) is 4.07. The van der Waals surface area contributed by atoms with Gasteiger partial charge in [-0.25, -0.2) is 0 Å². The molecule has 21 heavy (non-hydrogen) atoms. The third kappa shape index (κ3) is 1.97. The van der Waals surface area contributed by atoms with E-state index in [9.17, 15) is 13.2 Å². The summed E-state index contributed by atoms with van der Waals surface area (Å²) in [6, 6.07) is 2.89. The molecular formula is C15H16ClF3N2. The maximum atomic E-state index is 12.9. The van der Waals surface area contributed by atoms with Crippen LogP contribution in [-0.2, 0) is 12.7 Å². The molecule has 3 aliphatic carbocycles. The molecule has 0 aromatic heterocycles. The van der Waals surface area contributed by atoms with Gasteiger partial charge in [-0.2, -0.15) is 13.2 Å². The van der Waals surface area contributed by atoms with Crippen LogP contribution in [0.15, 0.2) is 12.1 Å². The SMILES string of the molecule is FC(F)(F)c1ccc2c(c1Cl)CNC[C@@H](C13CC(C1)C3)N2. The third-order valence-electron chi connectivity index (χ3n) is 5.35. The average molecular weight is 317 g/mol.